The quantitative estimate of drug-likeness (QED) is 0.832. The predicted octanol–water partition coefficient (Wildman–Crippen LogP) is 2.97. The number of methoxy groups -OCH3 is 1. The van der Waals surface area contributed by atoms with Crippen molar-refractivity contribution in [3.05, 3.63) is 24.0 Å². The molecule has 3 aliphatic carbocycles. The Balaban J connectivity index is 1.20. The van der Waals surface area contributed by atoms with E-state index in [1.165, 1.54) is 44.2 Å². The maximum Gasteiger partial charge on any atom is 0.227 e. The van der Waals surface area contributed by atoms with Crippen LogP contribution in [0.5, 0.6) is 0 Å². The van der Waals surface area contributed by atoms with Crippen LogP contribution in [0.15, 0.2) is 18.3 Å². The first-order valence-corrected chi connectivity index (χ1v) is 9.68. The van der Waals surface area contributed by atoms with Crippen molar-refractivity contribution < 1.29 is 4.74 Å². The van der Waals surface area contributed by atoms with Crippen LogP contribution in [0.25, 0.3) is 0 Å². The molecule has 7 nitrogen and oxygen atoms in total. The summed E-state index contributed by atoms with van der Waals surface area (Å²) in [4.78, 5) is 11.7. The standard InChI is InChI=1S/C19H24N6O/c1-26-19(5-6-19)18-9-13(10-18)25(11-18)17-20-7-4-15(22-17)21-16-8-14(23-24-16)12-2-3-12/h4,7-8,12-13H,2-3,5-6,9-11H2,1H3,(H2,20,21,22,23,24). The molecule has 0 unspecified atom stereocenters. The maximum atomic E-state index is 5.90. The minimum absolute atomic E-state index is 0.127. The molecule has 5 fully saturated rings. The number of anilines is 3. The predicted molar refractivity (Wildman–Crippen MR) is 97.7 cm³/mol. The topological polar surface area (TPSA) is 79.0 Å². The lowest BCUT2D eigenvalue weighted by Crippen LogP contribution is -2.46. The Labute approximate surface area is 152 Å². The van der Waals surface area contributed by atoms with Crippen LogP contribution in [0.2, 0.25) is 0 Å². The van der Waals surface area contributed by atoms with Crippen LogP contribution >= 0.6 is 0 Å². The third-order valence-corrected chi connectivity index (χ3v) is 7.00. The monoisotopic (exact) mass is 352 g/mol. The van der Waals surface area contributed by atoms with E-state index in [0.29, 0.717) is 17.4 Å². The molecule has 26 heavy (non-hydrogen) atoms. The van der Waals surface area contributed by atoms with Gasteiger partial charge in [0.1, 0.15) is 5.82 Å². The minimum atomic E-state index is 0.127. The van der Waals surface area contributed by atoms with E-state index in [1.54, 1.807) is 0 Å². The molecule has 2 aliphatic heterocycles. The molecule has 7 heteroatoms. The molecular weight excluding hydrogens is 328 g/mol. The van der Waals surface area contributed by atoms with E-state index in [0.717, 1.165) is 24.1 Å². The van der Waals surface area contributed by atoms with Crippen molar-refractivity contribution in [1.82, 2.24) is 20.2 Å². The number of rotatable bonds is 6. The van der Waals surface area contributed by atoms with E-state index < -0.39 is 0 Å². The van der Waals surface area contributed by atoms with Gasteiger partial charge in [0.25, 0.3) is 0 Å². The van der Waals surface area contributed by atoms with Gasteiger partial charge in [0.15, 0.2) is 5.82 Å². The summed E-state index contributed by atoms with van der Waals surface area (Å²) in [5.41, 5.74) is 1.67. The summed E-state index contributed by atoms with van der Waals surface area (Å²) >= 11 is 0. The van der Waals surface area contributed by atoms with Gasteiger partial charge in [-0.3, -0.25) is 5.10 Å². The number of nitrogens with zero attached hydrogens (tertiary/aromatic N) is 4. The number of H-pyrrole nitrogens is 1. The van der Waals surface area contributed by atoms with Gasteiger partial charge in [-0.25, -0.2) is 4.98 Å². The summed E-state index contributed by atoms with van der Waals surface area (Å²) in [6.07, 6.45) is 9.20. The first-order chi connectivity index (χ1) is 12.7. The third kappa shape index (κ3) is 2.06. The molecule has 2 N–H and O–H groups in total. The number of aromatic amines is 1. The second-order valence-electron chi connectivity index (χ2n) is 8.52. The van der Waals surface area contributed by atoms with Crippen LogP contribution in [0.1, 0.15) is 50.1 Å². The lowest BCUT2D eigenvalue weighted by molar-refractivity contribution is -0.0558. The summed E-state index contributed by atoms with van der Waals surface area (Å²) in [7, 11) is 1.87. The molecule has 0 radical (unpaired) electrons. The van der Waals surface area contributed by atoms with Crippen LogP contribution in [0.3, 0.4) is 0 Å². The lowest BCUT2D eigenvalue weighted by Gasteiger charge is -2.43. The van der Waals surface area contributed by atoms with Crippen molar-refractivity contribution in [1.29, 1.82) is 0 Å². The zero-order valence-electron chi connectivity index (χ0n) is 15.0. The van der Waals surface area contributed by atoms with Gasteiger partial charge in [-0.2, -0.15) is 10.1 Å². The smallest absolute Gasteiger partial charge is 0.227 e. The Bertz CT molecular complexity index is 849. The Morgan fingerprint density at radius 2 is 2.12 bits per heavy atom. The van der Waals surface area contributed by atoms with Crippen molar-refractivity contribution in [3.8, 4) is 0 Å². The first kappa shape index (κ1) is 15.0. The average Bonchev–Trinajstić information content (AvgIpc) is 3.53. The Hall–Kier alpha value is -2.15. The highest BCUT2D eigenvalue weighted by Crippen LogP contribution is 2.67. The second kappa shape index (κ2) is 4.97. The van der Waals surface area contributed by atoms with Crippen molar-refractivity contribution >= 4 is 17.6 Å². The molecule has 0 aromatic carbocycles. The van der Waals surface area contributed by atoms with Gasteiger partial charge in [-0.15, -0.1) is 0 Å². The Morgan fingerprint density at radius 1 is 1.27 bits per heavy atom. The molecule has 5 aliphatic rings. The first-order valence-electron chi connectivity index (χ1n) is 9.68. The highest BCUT2D eigenvalue weighted by Gasteiger charge is 2.70. The van der Waals surface area contributed by atoms with E-state index in [2.05, 4.69) is 31.5 Å². The number of hydrogen-bond donors (Lipinski definition) is 2. The van der Waals surface area contributed by atoms with Crippen LogP contribution in [-0.2, 0) is 4.74 Å². The summed E-state index contributed by atoms with van der Waals surface area (Å²) < 4.78 is 5.90. The fraction of sp³-hybridized carbons (Fsp3) is 0.632. The van der Waals surface area contributed by atoms with E-state index >= 15 is 0 Å². The van der Waals surface area contributed by atoms with Crippen molar-refractivity contribution in [3.63, 3.8) is 0 Å². The van der Waals surface area contributed by atoms with E-state index in [-0.39, 0.29) is 5.60 Å². The lowest BCUT2D eigenvalue weighted by atomic mass is 9.65. The van der Waals surface area contributed by atoms with Gasteiger partial charge in [-0.05, 0) is 44.6 Å². The molecule has 4 heterocycles. The molecule has 2 bridgehead atoms. The molecule has 7 rings (SSSR count). The minimum Gasteiger partial charge on any atom is -0.378 e. The summed E-state index contributed by atoms with van der Waals surface area (Å²) in [6, 6.07) is 4.56. The molecule has 0 spiro atoms. The summed E-state index contributed by atoms with van der Waals surface area (Å²) in [6.45, 7) is 1.02. The number of fused-ring (bicyclic) bond motifs is 1. The van der Waals surface area contributed by atoms with Crippen molar-refractivity contribution in [2.75, 3.05) is 23.9 Å². The van der Waals surface area contributed by atoms with Crippen LogP contribution in [-0.4, -0.2) is 45.5 Å². The van der Waals surface area contributed by atoms with Crippen LogP contribution < -0.4 is 10.2 Å². The molecule has 2 saturated heterocycles. The third-order valence-electron chi connectivity index (χ3n) is 7.00. The van der Waals surface area contributed by atoms with Gasteiger partial charge in [0, 0.05) is 49.0 Å². The number of aromatic nitrogens is 4. The molecule has 3 saturated carbocycles. The average molecular weight is 352 g/mol. The van der Waals surface area contributed by atoms with E-state index in [9.17, 15) is 0 Å². The van der Waals surface area contributed by atoms with Gasteiger partial charge >= 0.3 is 0 Å². The molecular formula is C19H24N6O. The normalized spacial score (nSPS) is 31.0. The van der Waals surface area contributed by atoms with Gasteiger partial charge < -0.3 is 15.0 Å². The molecule has 0 amide bonds. The Kier molecular flexibility index (Phi) is 2.86. The highest BCUT2D eigenvalue weighted by molar-refractivity contribution is 5.55. The number of ether oxygens (including phenoxy) is 1. The number of hydrogen-bond acceptors (Lipinski definition) is 6. The zero-order chi connectivity index (χ0) is 17.4. The SMILES string of the molecule is COC1(C23CC(C2)N(c2nccc(Nc4cc(C5CC5)[nH]n4)n2)C3)CC1. The fourth-order valence-corrected chi connectivity index (χ4v) is 5.15. The van der Waals surface area contributed by atoms with Crippen LogP contribution in [0, 0.1) is 5.41 Å². The molecule has 2 aromatic rings. The molecule has 0 atom stereocenters. The summed E-state index contributed by atoms with van der Waals surface area (Å²) in [5, 5.41) is 10.8. The fourth-order valence-electron chi connectivity index (χ4n) is 5.15. The Morgan fingerprint density at radius 3 is 2.85 bits per heavy atom. The molecule has 136 valence electrons. The summed E-state index contributed by atoms with van der Waals surface area (Å²) in [5.74, 6) is 3.12. The zero-order valence-corrected chi connectivity index (χ0v) is 15.0. The second-order valence-corrected chi connectivity index (χ2v) is 8.52. The van der Waals surface area contributed by atoms with Crippen LogP contribution in [0.4, 0.5) is 17.6 Å². The largest absolute Gasteiger partial charge is 0.378 e. The van der Waals surface area contributed by atoms with E-state index in [1.807, 2.05) is 19.4 Å². The van der Waals surface area contributed by atoms with Crippen molar-refractivity contribution in [2.24, 2.45) is 5.41 Å². The number of nitrogens with one attached hydrogen (secondary N) is 2. The van der Waals surface area contributed by atoms with E-state index in [4.69, 9.17) is 9.72 Å². The molecule has 2 aromatic heterocycles. The maximum absolute atomic E-state index is 5.90. The van der Waals surface area contributed by atoms with Gasteiger partial charge in [0.05, 0.1) is 5.60 Å². The van der Waals surface area contributed by atoms with Crippen molar-refractivity contribution in [2.45, 2.75) is 56.1 Å². The van der Waals surface area contributed by atoms with Gasteiger partial charge in [0.2, 0.25) is 5.95 Å². The highest BCUT2D eigenvalue weighted by atomic mass is 16.5. The van der Waals surface area contributed by atoms with Gasteiger partial charge in [-0.1, -0.05) is 0 Å².